The van der Waals surface area contributed by atoms with E-state index in [1.807, 2.05) is 24.3 Å². The number of benzene rings is 2. The third-order valence-corrected chi connectivity index (χ3v) is 6.18. The Hall–Kier alpha value is -2.65. The van der Waals surface area contributed by atoms with Crippen molar-refractivity contribution in [2.24, 2.45) is 0 Å². The summed E-state index contributed by atoms with van der Waals surface area (Å²) in [6, 6.07) is 10.6. The number of hydrogen-bond donors (Lipinski definition) is 0. The summed E-state index contributed by atoms with van der Waals surface area (Å²) in [4.78, 5) is 0.598. The fraction of sp³-hybridized carbons (Fsp3) is 0.167. The van der Waals surface area contributed by atoms with E-state index in [4.69, 9.17) is 0 Å². The first-order valence-electron chi connectivity index (χ1n) is 8.90. The molecule has 2 aromatic rings. The van der Waals surface area contributed by atoms with E-state index in [2.05, 4.69) is 26.3 Å². The van der Waals surface area contributed by atoms with Crippen molar-refractivity contribution in [1.29, 1.82) is 0 Å². The van der Waals surface area contributed by atoms with Gasteiger partial charge in [-0.25, -0.2) is 8.42 Å². The molecule has 0 saturated carbocycles. The molecule has 2 rings (SSSR count). The van der Waals surface area contributed by atoms with Crippen LogP contribution in [0.2, 0.25) is 0 Å². The van der Waals surface area contributed by atoms with E-state index in [-0.39, 0.29) is 0 Å². The molecular formula is C24H26O2S. The van der Waals surface area contributed by atoms with Crippen molar-refractivity contribution >= 4 is 9.84 Å². The van der Waals surface area contributed by atoms with Crippen LogP contribution in [-0.2, 0) is 35.5 Å². The molecule has 0 aliphatic heterocycles. The minimum Gasteiger partial charge on any atom is -0.219 e. The molecule has 0 unspecified atom stereocenters. The van der Waals surface area contributed by atoms with Gasteiger partial charge in [0.05, 0.1) is 9.79 Å². The fourth-order valence-corrected chi connectivity index (χ4v) is 4.44. The van der Waals surface area contributed by atoms with E-state index < -0.39 is 9.84 Å². The van der Waals surface area contributed by atoms with Gasteiger partial charge in [0.25, 0.3) is 0 Å². The van der Waals surface area contributed by atoms with Gasteiger partial charge in [-0.3, -0.25) is 0 Å². The summed E-state index contributed by atoms with van der Waals surface area (Å²) < 4.78 is 26.4. The molecule has 0 amide bonds. The Morgan fingerprint density at radius 1 is 0.593 bits per heavy atom. The van der Waals surface area contributed by atoms with Gasteiger partial charge in [-0.15, -0.1) is 26.3 Å². The summed E-state index contributed by atoms with van der Waals surface area (Å²) in [6.45, 7) is 15.1. The Balaban J connectivity index is 2.54. The van der Waals surface area contributed by atoms with Crippen LogP contribution in [0.1, 0.15) is 22.3 Å². The van der Waals surface area contributed by atoms with Crippen molar-refractivity contribution in [3.05, 3.63) is 109 Å². The van der Waals surface area contributed by atoms with Crippen LogP contribution in [0.15, 0.2) is 96.8 Å². The van der Waals surface area contributed by atoms with E-state index in [0.717, 1.165) is 22.3 Å². The van der Waals surface area contributed by atoms with Gasteiger partial charge in [0, 0.05) is 0 Å². The standard InChI is InChI=1S/C24H26O2S/c1-5-9-19-13-15-23(17-21(19)11-7-3)27(25,26)24-16-14-20(10-6-2)22(18-24)12-8-4/h5-8,13-18H,1-4,9-12H2. The lowest BCUT2D eigenvalue weighted by Gasteiger charge is -2.13. The summed E-state index contributed by atoms with van der Waals surface area (Å²) >= 11 is 0. The summed E-state index contributed by atoms with van der Waals surface area (Å²) in [6.07, 6.45) is 9.83. The second-order valence-electron chi connectivity index (χ2n) is 6.34. The average Bonchev–Trinajstić information content (AvgIpc) is 2.65. The molecule has 140 valence electrons. The van der Waals surface area contributed by atoms with Crippen LogP contribution in [0.5, 0.6) is 0 Å². The van der Waals surface area contributed by atoms with Gasteiger partial charge in [-0.2, -0.15) is 0 Å². The topological polar surface area (TPSA) is 34.1 Å². The molecule has 0 spiro atoms. The lowest BCUT2D eigenvalue weighted by Crippen LogP contribution is -2.06. The quantitative estimate of drug-likeness (QED) is 0.516. The van der Waals surface area contributed by atoms with Gasteiger partial charge in [0.15, 0.2) is 0 Å². The lowest BCUT2D eigenvalue weighted by molar-refractivity contribution is 0.595. The first-order valence-corrected chi connectivity index (χ1v) is 10.4. The Morgan fingerprint density at radius 3 is 1.26 bits per heavy atom. The summed E-state index contributed by atoms with van der Waals surface area (Å²) in [5.74, 6) is 0. The highest BCUT2D eigenvalue weighted by molar-refractivity contribution is 7.91. The predicted molar refractivity (Wildman–Crippen MR) is 114 cm³/mol. The molecule has 0 fully saturated rings. The van der Waals surface area contributed by atoms with Crippen LogP contribution in [-0.4, -0.2) is 8.42 Å². The lowest BCUT2D eigenvalue weighted by atomic mass is 10.0. The van der Waals surface area contributed by atoms with Gasteiger partial charge < -0.3 is 0 Å². The highest BCUT2D eigenvalue weighted by Crippen LogP contribution is 2.26. The van der Waals surface area contributed by atoms with Gasteiger partial charge in [-0.1, -0.05) is 36.4 Å². The third kappa shape index (κ3) is 4.75. The van der Waals surface area contributed by atoms with Gasteiger partial charge >= 0.3 is 0 Å². The molecule has 0 N–H and O–H groups in total. The molecule has 0 aromatic heterocycles. The molecule has 0 radical (unpaired) electrons. The molecule has 2 nitrogen and oxygen atoms in total. The van der Waals surface area contributed by atoms with E-state index >= 15 is 0 Å². The summed E-state index contributed by atoms with van der Waals surface area (Å²) in [5.41, 5.74) is 4.05. The van der Waals surface area contributed by atoms with Crippen LogP contribution in [0, 0.1) is 0 Å². The maximum atomic E-state index is 13.2. The van der Waals surface area contributed by atoms with Gasteiger partial charge in [0.1, 0.15) is 0 Å². The molecule has 0 aliphatic carbocycles. The smallest absolute Gasteiger partial charge is 0.206 e. The molecule has 0 atom stereocenters. The zero-order chi connectivity index (χ0) is 19.9. The summed E-state index contributed by atoms with van der Waals surface area (Å²) in [5, 5.41) is 0. The first kappa shape index (κ1) is 20.7. The molecule has 3 heteroatoms. The number of rotatable bonds is 10. The number of sulfone groups is 1. The van der Waals surface area contributed by atoms with E-state index in [9.17, 15) is 8.42 Å². The predicted octanol–water partition coefficient (Wildman–Crippen LogP) is 5.43. The fourth-order valence-electron chi connectivity index (χ4n) is 3.08. The van der Waals surface area contributed by atoms with Crippen LogP contribution < -0.4 is 0 Å². The molecule has 0 saturated heterocycles. The highest BCUT2D eigenvalue weighted by Gasteiger charge is 2.20. The molecule has 0 bridgehead atoms. The highest BCUT2D eigenvalue weighted by atomic mass is 32.2. The Kier molecular flexibility index (Phi) is 7.14. The van der Waals surface area contributed by atoms with Crippen molar-refractivity contribution in [3.63, 3.8) is 0 Å². The zero-order valence-corrected chi connectivity index (χ0v) is 16.5. The molecule has 0 heterocycles. The van der Waals surface area contributed by atoms with Crippen molar-refractivity contribution in [2.75, 3.05) is 0 Å². The van der Waals surface area contributed by atoms with Crippen molar-refractivity contribution < 1.29 is 8.42 Å². The monoisotopic (exact) mass is 378 g/mol. The van der Waals surface area contributed by atoms with E-state index in [0.29, 0.717) is 35.5 Å². The summed E-state index contributed by atoms with van der Waals surface area (Å²) in [7, 11) is -3.60. The number of allylic oxidation sites excluding steroid dienone is 4. The van der Waals surface area contributed by atoms with Crippen LogP contribution >= 0.6 is 0 Å². The van der Waals surface area contributed by atoms with Crippen LogP contribution in [0.3, 0.4) is 0 Å². The largest absolute Gasteiger partial charge is 0.219 e. The normalized spacial score (nSPS) is 11.0. The van der Waals surface area contributed by atoms with Crippen LogP contribution in [0.25, 0.3) is 0 Å². The maximum absolute atomic E-state index is 13.2. The Morgan fingerprint density at radius 2 is 0.926 bits per heavy atom. The SMILES string of the molecule is C=CCc1ccc(S(=O)(=O)c2ccc(CC=C)c(CC=C)c2)cc1CC=C. The van der Waals surface area contributed by atoms with Gasteiger partial charge in [-0.05, 0) is 72.2 Å². The minimum absolute atomic E-state index is 0.299. The average molecular weight is 379 g/mol. The van der Waals surface area contributed by atoms with E-state index in [1.54, 1.807) is 36.4 Å². The Bertz CT molecular complexity index is 892. The molecule has 0 aliphatic rings. The maximum Gasteiger partial charge on any atom is 0.206 e. The van der Waals surface area contributed by atoms with Crippen LogP contribution in [0.4, 0.5) is 0 Å². The third-order valence-electron chi connectivity index (χ3n) is 4.43. The van der Waals surface area contributed by atoms with E-state index in [1.165, 1.54) is 0 Å². The molecule has 2 aromatic carbocycles. The Labute approximate surface area is 163 Å². The zero-order valence-electron chi connectivity index (χ0n) is 15.7. The first-order chi connectivity index (χ1) is 13.0. The van der Waals surface area contributed by atoms with Crippen molar-refractivity contribution in [3.8, 4) is 0 Å². The second kappa shape index (κ2) is 9.33. The van der Waals surface area contributed by atoms with Crippen molar-refractivity contribution in [1.82, 2.24) is 0 Å². The number of hydrogen-bond acceptors (Lipinski definition) is 2. The second-order valence-corrected chi connectivity index (χ2v) is 8.29. The van der Waals surface area contributed by atoms with Crippen molar-refractivity contribution in [2.45, 2.75) is 35.5 Å². The molecule has 27 heavy (non-hydrogen) atoms. The minimum atomic E-state index is -3.60. The molecular weight excluding hydrogens is 352 g/mol. The van der Waals surface area contributed by atoms with Gasteiger partial charge in [0.2, 0.25) is 9.84 Å².